The van der Waals surface area contributed by atoms with Gasteiger partial charge >= 0.3 is 0 Å². The third-order valence-electron chi connectivity index (χ3n) is 4.39. The van der Waals surface area contributed by atoms with Crippen LogP contribution in [0.25, 0.3) is 0 Å². The highest BCUT2D eigenvalue weighted by Gasteiger charge is 2.35. The quantitative estimate of drug-likeness (QED) is 0.724. The van der Waals surface area contributed by atoms with Crippen LogP contribution in [0.3, 0.4) is 0 Å². The maximum atomic E-state index is 3.74. The Labute approximate surface area is 101 Å². The smallest absolute Gasteiger partial charge is 0.0195 e. The fourth-order valence-electron chi connectivity index (χ4n) is 3.10. The van der Waals surface area contributed by atoms with E-state index in [1.165, 1.54) is 51.6 Å². The largest absolute Gasteiger partial charge is 0.313 e. The molecule has 0 aromatic heterocycles. The van der Waals surface area contributed by atoms with Gasteiger partial charge < -0.3 is 10.6 Å². The van der Waals surface area contributed by atoms with Gasteiger partial charge in [0, 0.05) is 18.6 Å². The topological polar surface area (TPSA) is 24.1 Å². The molecule has 16 heavy (non-hydrogen) atoms. The molecule has 4 unspecified atom stereocenters. The molecule has 2 heteroatoms. The molecule has 0 spiro atoms. The van der Waals surface area contributed by atoms with E-state index in [1.54, 1.807) is 0 Å². The van der Waals surface area contributed by atoms with Crippen molar-refractivity contribution in [1.29, 1.82) is 0 Å². The second kappa shape index (κ2) is 6.02. The first kappa shape index (κ1) is 12.4. The van der Waals surface area contributed by atoms with Crippen LogP contribution in [0.2, 0.25) is 0 Å². The average molecular weight is 224 g/mol. The van der Waals surface area contributed by atoms with Gasteiger partial charge in [-0.3, -0.25) is 0 Å². The minimum absolute atomic E-state index is 0.738. The zero-order valence-corrected chi connectivity index (χ0v) is 11.0. The zero-order valence-electron chi connectivity index (χ0n) is 11.0. The van der Waals surface area contributed by atoms with E-state index in [4.69, 9.17) is 0 Å². The lowest BCUT2D eigenvalue weighted by atomic mass is 9.90. The summed E-state index contributed by atoms with van der Waals surface area (Å²) in [5.74, 6) is 1.97. The molecule has 94 valence electrons. The maximum Gasteiger partial charge on any atom is 0.0195 e. The summed E-state index contributed by atoms with van der Waals surface area (Å²) in [5.41, 5.74) is 0. The summed E-state index contributed by atoms with van der Waals surface area (Å²) >= 11 is 0. The molecule has 2 N–H and O–H groups in total. The van der Waals surface area contributed by atoms with E-state index in [9.17, 15) is 0 Å². The number of rotatable bonds is 6. The van der Waals surface area contributed by atoms with Gasteiger partial charge in [0.15, 0.2) is 0 Å². The molecule has 0 bridgehead atoms. The van der Waals surface area contributed by atoms with Crippen molar-refractivity contribution >= 4 is 0 Å². The molecule has 1 saturated carbocycles. The standard InChI is InChI=1S/C14H28N2/c1-3-5-12-9-14(12)16-10-13-8-11(4-2)6-7-15-13/h11-16H,3-10H2,1-2H3. The Morgan fingerprint density at radius 1 is 1.25 bits per heavy atom. The Hall–Kier alpha value is -0.0800. The predicted octanol–water partition coefficient (Wildman–Crippen LogP) is 2.54. The van der Waals surface area contributed by atoms with Crippen molar-refractivity contribution in [3.63, 3.8) is 0 Å². The van der Waals surface area contributed by atoms with Crippen molar-refractivity contribution < 1.29 is 0 Å². The zero-order chi connectivity index (χ0) is 11.4. The highest BCUT2D eigenvalue weighted by Crippen LogP contribution is 2.34. The van der Waals surface area contributed by atoms with Gasteiger partial charge in [-0.1, -0.05) is 26.7 Å². The molecule has 1 aliphatic heterocycles. The number of hydrogen-bond acceptors (Lipinski definition) is 2. The van der Waals surface area contributed by atoms with E-state index in [2.05, 4.69) is 24.5 Å². The van der Waals surface area contributed by atoms with E-state index in [0.29, 0.717) is 0 Å². The summed E-state index contributed by atoms with van der Waals surface area (Å²) in [7, 11) is 0. The van der Waals surface area contributed by atoms with Gasteiger partial charge in [-0.2, -0.15) is 0 Å². The van der Waals surface area contributed by atoms with Crippen LogP contribution < -0.4 is 10.6 Å². The molecule has 0 aromatic rings. The fraction of sp³-hybridized carbons (Fsp3) is 1.00. The first-order valence-corrected chi connectivity index (χ1v) is 7.30. The van der Waals surface area contributed by atoms with Gasteiger partial charge in [0.25, 0.3) is 0 Å². The molecule has 2 fully saturated rings. The van der Waals surface area contributed by atoms with Gasteiger partial charge in [-0.15, -0.1) is 0 Å². The SMILES string of the molecule is CCCC1CC1NCC1CC(CC)CCN1. The minimum Gasteiger partial charge on any atom is -0.313 e. The van der Waals surface area contributed by atoms with Crippen molar-refractivity contribution in [2.24, 2.45) is 11.8 Å². The monoisotopic (exact) mass is 224 g/mol. The van der Waals surface area contributed by atoms with Crippen LogP contribution in [-0.4, -0.2) is 25.2 Å². The van der Waals surface area contributed by atoms with Gasteiger partial charge in [-0.05, 0) is 44.1 Å². The van der Waals surface area contributed by atoms with E-state index in [0.717, 1.165) is 23.9 Å². The Bertz CT molecular complexity index is 205. The first-order valence-electron chi connectivity index (χ1n) is 7.30. The van der Waals surface area contributed by atoms with E-state index < -0.39 is 0 Å². The second-order valence-electron chi connectivity index (χ2n) is 5.75. The van der Waals surface area contributed by atoms with Gasteiger partial charge in [0.1, 0.15) is 0 Å². The Balaban J connectivity index is 1.59. The Morgan fingerprint density at radius 3 is 2.88 bits per heavy atom. The van der Waals surface area contributed by atoms with Crippen molar-refractivity contribution in [2.75, 3.05) is 13.1 Å². The summed E-state index contributed by atoms with van der Waals surface area (Å²) in [4.78, 5) is 0. The maximum absolute atomic E-state index is 3.74. The summed E-state index contributed by atoms with van der Waals surface area (Å²) in [6.45, 7) is 7.05. The molecule has 0 radical (unpaired) electrons. The predicted molar refractivity (Wildman–Crippen MR) is 69.6 cm³/mol. The highest BCUT2D eigenvalue weighted by atomic mass is 15.0. The number of nitrogens with one attached hydrogen (secondary N) is 2. The van der Waals surface area contributed by atoms with Crippen LogP contribution in [0.4, 0.5) is 0 Å². The Kier molecular flexibility index (Phi) is 4.66. The highest BCUT2D eigenvalue weighted by molar-refractivity contribution is 4.94. The molecule has 2 rings (SSSR count). The van der Waals surface area contributed by atoms with E-state index in [-0.39, 0.29) is 0 Å². The lowest BCUT2D eigenvalue weighted by Gasteiger charge is -2.30. The minimum atomic E-state index is 0.738. The third-order valence-corrected chi connectivity index (χ3v) is 4.39. The average Bonchev–Trinajstić information content (AvgIpc) is 3.06. The lowest BCUT2D eigenvalue weighted by Crippen LogP contribution is -2.45. The molecule has 1 heterocycles. The van der Waals surface area contributed by atoms with Crippen LogP contribution in [-0.2, 0) is 0 Å². The van der Waals surface area contributed by atoms with Crippen molar-refractivity contribution in [1.82, 2.24) is 10.6 Å². The molecule has 0 aromatic carbocycles. The Morgan fingerprint density at radius 2 is 2.12 bits per heavy atom. The molecule has 0 amide bonds. The normalized spacial score (nSPS) is 38.6. The van der Waals surface area contributed by atoms with Crippen LogP contribution in [0.15, 0.2) is 0 Å². The summed E-state index contributed by atoms with van der Waals surface area (Å²) < 4.78 is 0. The van der Waals surface area contributed by atoms with E-state index in [1.807, 2.05) is 0 Å². The van der Waals surface area contributed by atoms with Crippen LogP contribution in [0, 0.1) is 11.8 Å². The van der Waals surface area contributed by atoms with Gasteiger partial charge in [-0.25, -0.2) is 0 Å². The van der Waals surface area contributed by atoms with Crippen molar-refractivity contribution in [3.8, 4) is 0 Å². The summed E-state index contributed by atoms with van der Waals surface area (Å²) in [6.07, 6.45) is 8.33. The molecule has 2 aliphatic rings. The lowest BCUT2D eigenvalue weighted by molar-refractivity contribution is 0.287. The molecular formula is C14H28N2. The van der Waals surface area contributed by atoms with Crippen LogP contribution in [0.1, 0.15) is 52.4 Å². The van der Waals surface area contributed by atoms with Crippen LogP contribution >= 0.6 is 0 Å². The molecular weight excluding hydrogens is 196 g/mol. The second-order valence-corrected chi connectivity index (χ2v) is 5.75. The van der Waals surface area contributed by atoms with Gasteiger partial charge in [0.05, 0.1) is 0 Å². The summed E-state index contributed by atoms with van der Waals surface area (Å²) in [6, 6.07) is 1.59. The van der Waals surface area contributed by atoms with Crippen molar-refractivity contribution in [3.05, 3.63) is 0 Å². The summed E-state index contributed by atoms with van der Waals surface area (Å²) in [5, 5.41) is 7.39. The third kappa shape index (κ3) is 3.46. The first-order chi connectivity index (χ1) is 7.83. The van der Waals surface area contributed by atoms with Gasteiger partial charge in [0.2, 0.25) is 0 Å². The van der Waals surface area contributed by atoms with Crippen LogP contribution in [0.5, 0.6) is 0 Å². The number of piperidine rings is 1. The molecule has 1 aliphatic carbocycles. The molecule has 4 atom stereocenters. The van der Waals surface area contributed by atoms with Crippen molar-refractivity contribution in [2.45, 2.75) is 64.5 Å². The number of hydrogen-bond donors (Lipinski definition) is 2. The fourth-order valence-corrected chi connectivity index (χ4v) is 3.10. The van der Waals surface area contributed by atoms with E-state index >= 15 is 0 Å². The molecule has 1 saturated heterocycles. The molecule has 2 nitrogen and oxygen atoms in total.